The quantitative estimate of drug-likeness (QED) is 0.700. The number of likely N-dealkylation sites (N-methyl/N-ethyl adjacent to an activating group) is 1. The predicted molar refractivity (Wildman–Crippen MR) is 51.8 cm³/mol. The number of carboxylic acid groups (broad SMARTS) is 1. The first-order chi connectivity index (χ1) is 5.13. The average molecular weight is 196 g/mol. The van der Waals surface area contributed by atoms with Crippen LogP contribution in [0.3, 0.4) is 0 Å². The number of nitrogens with one attached hydrogen (secondary N) is 1. The smallest absolute Gasteiger partial charge is 0.320 e. The Hall–Kier alpha value is -0.280. The van der Waals surface area contributed by atoms with E-state index in [1.807, 2.05) is 6.92 Å². The van der Waals surface area contributed by atoms with Gasteiger partial charge in [0.1, 0.15) is 6.04 Å². The van der Waals surface area contributed by atoms with E-state index in [9.17, 15) is 4.79 Å². The maximum atomic E-state index is 10.6. The van der Waals surface area contributed by atoms with Gasteiger partial charge in [-0.05, 0) is 19.4 Å². The second-order valence-electron chi connectivity index (χ2n) is 2.87. The molecule has 0 bridgehead atoms. The fourth-order valence-electron chi connectivity index (χ4n) is 1.27. The molecule has 1 unspecified atom stereocenters. The molecule has 0 aromatic heterocycles. The molecule has 0 aliphatic carbocycles. The van der Waals surface area contributed by atoms with Gasteiger partial charge in [0.05, 0.1) is 0 Å². The second kappa shape index (κ2) is 7.37. The highest BCUT2D eigenvalue weighted by Crippen LogP contribution is 2.09. The topological polar surface area (TPSA) is 49.3 Å². The van der Waals surface area contributed by atoms with Gasteiger partial charge < -0.3 is 10.4 Å². The summed E-state index contributed by atoms with van der Waals surface area (Å²) in [6, 6.07) is -0.394. The first kappa shape index (κ1) is 14.3. The average Bonchev–Trinajstić information content (AvgIpc) is 1.88. The Morgan fingerprint density at radius 3 is 2.33 bits per heavy atom. The lowest BCUT2D eigenvalue weighted by molar-refractivity contribution is -0.140. The van der Waals surface area contributed by atoms with Gasteiger partial charge in [-0.15, -0.1) is 12.4 Å². The van der Waals surface area contributed by atoms with E-state index >= 15 is 0 Å². The Bertz CT molecular complexity index is 130. The van der Waals surface area contributed by atoms with Crippen LogP contribution in [0.25, 0.3) is 0 Å². The molecule has 0 heterocycles. The van der Waals surface area contributed by atoms with Crippen LogP contribution in [0.4, 0.5) is 0 Å². The van der Waals surface area contributed by atoms with Crippen LogP contribution < -0.4 is 5.32 Å². The second-order valence-corrected chi connectivity index (χ2v) is 2.87. The summed E-state index contributed by atoms with van der Waals surface area (Å²) < 4.78 is 0. The molecule has 0 aromatic rings. The van der Waals surface area contributed by atoms with E-state index in [1.54, 1.807) is 7.05 Å². The van der Waals surface area contributed by atoms with E-state index in [0.717, 1.165) is 12.8 Å². The first-order valence-electron chi connectivity index (χ1n) is 4.03. The minimum absolute atomic E-state index is 0. The molecule has 4 heteroatoms. The van der Waals surface area contributed by atoms with Crippen LogP contribution in [-0.4, -0.2) is 24.2 Å². The van der Waals surface area contributed by atoms with Crippen LogP contribution in [0, 0.1) is 5.92 Å². The molecule has 2 N–H and O–H groups in total. The van der Waals surface area contributed by atoms with E-state index in [4.69, 9.17) is 5.11 Å². The third-order valence-corrected chi connectivity index (χ3v) is 1.89. The fraction of sp³-hybridized carbons (Fsp3) is 0.875. The Morgan fingerprint density at radius 1 is 1.58 bits per heavy atom. The van der Waals surface area contributed by atoms with Crippen LogP contribution in [0.15, 0.2) is 0 Å². The lowest BCUT2D eigenvalue weighted by Gasteiger charge is -2.18. The molecule has 74 valence electrons. The van der Waals surface area contributed by atoms with E-state index in [1.165, 1.54) is 0 Å². The third-order valence-electron chi connectivity index (χ3n) is 1.89. The SMILES string of the molecule is CCCC(C)[C@H](NC)C(=O)O.Cl. The molecule has 0 saturated heterocycles. The van der Waals surface area contributed by atoms with Crippen molar-refractivity contribution in [3.63, 3.8) is 0 Å². The lowest BCUT2D eigenvalue weighted by Crippen LogP contribution is -2.39. The van der Waals surface area contributed by atoms with Gasteiger partial charge in [0.25, 0.3) is 0 Å². The molecule has 2 atom stereocenters. The minimum atomic E-state index is -0.756. The predicted octanol–water partition coefficient (Wildman–Crippen LogP) is 1.52. The summed E-state index contributed by atoms with van der Waals surface area (Å²) >= 11 is 0. The Balaban J connectivity index is 0. The molecular weight excluding hydrogens is 178 g/mol. The van der Waals surface area contributed by atoms with Gasteiger partial charge in [-0.2, -0.15) is 0 Å². The first-order valence-corrected chi connectivity index (χ1v) is 4.03. The summed E-state index contributed by atoms with van der Waals surface area (Å²) in [6.07, 6.45) is 1.99. The summed E-state index contributed by atoms with van der Waals surface area (Å²) in [5, 5.41) is 11.5. The highest BCUT2D eigenvalue weighted by molar-refractivity contribution is 5.85. The zero-order valence-corrected chi connectivity index (χ0v) is 8.65. The monoisotopic (exact) mass is 195 g/mol. The van der Waals surface area contributed by atoms with Crippen LogP contribution >= 0.6 is 12.4 Å². The van der Waals surface area contributed by atoms with Gasteiger partial charge in [-0.25, -0.2) is 0 Å². The summed E-state index contributed by atoms with van der Waals surface area (Å²) in [7, 11) is 1.69. The van der Waals surface area contributed by atoms with Crippen molar-refractivity contribution in [1.29, 1.82) is 0 Å². The van der Waals surface area contributed by atoms with E-state index < -0.39 is 12.0 Å². The van der Waals surface area contributed by atoms with Gasteiger partial charge in [-0.3, -0.25) is 4.79 Å². The van der Waals surface area contributed by atoms with Crippen molar-refractivity contribution in [3.8, 4) is 0 Å². The van der Waals surface area contributed by atoms with Crippen LogP contribution in [-0.2, 0) is 4.79 Å². The molecule has 0 saturated carbocycles. The molecule has 0 aromatic carbocycles. The Morgan fingerprint density at radius 2 is 2.08 bits per heavy atom. The molecule has 0 aliphatic heterocycles. The highest BCUT2D eigenvalue weighted by Gasteiger charge is 2.21. The third kappa shape index (κ3) is 4.57. The van der Waals surface area contributed by atoms with E-state index in [-0.39, 0.29) is 18.3 Å². The highest BCUT2D eigenvalue weighted by atomic mass is 35.5. The van der Waals surface area contributed by atoms with Crippen LogP contribution in [0.5, 0.6) is 0 Å². The van der Waals surface area contributed by atoms with Crippen molar-refractivity contribution < 1.29 is 9.90 Å². The number of carbonyl (C=O) groups is 1. The molecule has 12 heavy (non-hydrogen) atoms. The number of carboxylic acids is 1. The summed E-state index contributed by atoms with van der Waals surface area (Å²) in [4.78, 5) is 10.6. The maximum absolute atomic E-state index is 10.6. The molecule has 3 nitrogen and oxygen atoms in total. The van der Waals surface area contributed by atoms with Crippen molar-refractivity contribution in [2.24, 2.45) is 5.92 Å². The molecular formula is C8H18ClNO2. The minimum Gasteiger partial charge on any atom is -0.480 e. The van der Waals surface area contributed by atoms with Crippen molar-refractivity contribution >= 4 is 18.4 Å². The van der Waals surface area contributed by atoms with Crippen molar-refractivity contribution in [3.05, 3.63) is 0 Å². The number of aliphatic carboxylic acids is 1. The Kier molecular flexibility index (Phi) is 8.76. The summed E-state index contributed by atoms with van der Waals surface area (Å²) in [5.41, 5.74) is 0. The molecule has 0 amide bonds. The van der Waals surface area contributed by atoms with Crippen molar-refractivity contribution in [2.45, 2.75) is 32.7 Å². The number of halogens is 1. The normalized spacial score (nSPS) is 14.6. The molecule has 0 rings (SSSR count). The summed E-state index contributed by atoms with van der Waals surface area (Å²) in [6.45, 7) is 4.02. The number of rotatable bonds is 5. The number of hydrogen-bond acceptors (Lipinski definition) is 2. The maximum Gasteiger partial charge on any atom is 0.320 e. The number of hydrogen-bond donors (Lipinski definition) is 2. The van der Waals surface area contributed by atoms with Crippen molar-refractivity contribution in [2.75, 3.05) is 7.05 Å². The zero-order valence-electron chi connectivity index (χ0n) is 7.83. The van der Waals surface area contributed by atoms with Crippen molar-refractivity contribution in [1.82, 2.24) is 5.32 Å². The van der Waals surface area contributed by atoms with E-state index in [0.29, 0.717) is 0 Å². The lowest BCUT2D eigenvalue weighted by atomic mass is 9.97. The molecule has 0 aliphatic rings. The van der Waals surface area contributed by atoms with Gasteiger partial charge in [0.15, 0.2) is 0 Å². The van der Waals surface area contributed by atoms with Gasteiger partial charge in [-0.1, -0.05) is 20.3 Å². The molecule has 0 spiro atoms. The molecule has 0 radical (unpaired) electrons. The van der Waals surface area contributed by atoms with E-state index in [2.05, 4.69) is 12.2 Å². The Labute approximate surface area is 80.0 Å². The summed E-state index contributed by atoms with van der Waals surface area (Å²) in [5.74, 6) is -0.545. The van der Waals surface area contributed by atoms with Gasteiger partial charge in [0, 0.05) is 0 Å². The zero-order chi connectivity index (χ0) is 8.85. The standard InChI is InChI=1S/C8H17NO2.ClH/c1-4-5-6(2)7(9-3)8(10)11;/h6-7,9H,4-5H2,1-3H3,(H,10,11);1H/t6?,7-;/m0./s1. The largest absolute Gasteiger partial charge is 0.480 e. The van der Waals surface area contributed by atoms with Crippen LogP contribution in [0.1, 0.15) is 26.7 Å². The fourth-order valence-corrected chi connectivity index (χ4v) is 1.27. The van der Waals surface area contributed by atoms with Gasteiger partial charge in [0.2, 0.25) is 0 Å². The van der Waals surface area contributed by atoms with Crippen LogP contribution in [0.2, 0.25) is 0 Å². The van der Waals surface area contributed by atoms with Gasteiger partial charge >= 0.3 is 5.97 Å². The molecule has 0 fully saturated rings.